The lowest BCUT2D eigenvalue weighted by atomic mass is 9.94. The highest BCUT2D eigenvalue weighted by atomic mass is 19.2. The van der Waals surface area contributed by atoms with Crippen molar-refractivity contribution < 1.29 is 27.2 Å². The number of hydrogen-bond donors (Lipinski definition) is 2. The summed E-state index contributed by atoms with van der Waals surface area (Å²) in [5.41, 5.74) is 0.719. The summed E-state index contributed by atoms with van der Waals surface area (Å²) in [4.78, 5) is 36.7. The first kappa shape index (κ1) is 37.2. The maximum absolute atomic E-state index is 13.9. The van der Waals surface area contributed by atoms with Gasteiger partial charge < -0.3 is 29.6 Å². The smallest absolute Gasteiger partial charge is 0.240 e. The lowest BCUT2D eigenvalue weighted by Crippen LogP contribution is -2.40. The van der Waals surface area contributed by atoms with Crippen LogP contribution in [0.2, 0.25) is 0 Å². The zero-order valence-corrected chi connectivity index (χ0v) is 28.9. The van der Waals surface area contributed by atoms with E-state index in [9.17, 15) is 27.2 Å². The molecule has 0 aliphatic heterocycles. The molecule has 6 rings (SSSR count). The van der Waals surface area contributed by atoms with E-state index in [1.54, 1.807) is 0 Å². The molecule has 2 aromatic heterocycles. The van der Waals surface area contributed by atoms with Crippen LogP contribution in [0.1, 0.15) is 64.2 Å². The molecule has 14 heteroatoms. The molecule has 4 aromatic rings. The minimum Gasteiger partial charge on any atom is -0.353 e. The Morgan fingerprint density at radius 3 is 1.78 bits per heavy atom. The number of nitrogens with zero attached hydrogens (tertiary/aromatic N) is 6. The van der Waals surface area contributed by atoms with E-state index in [2.05, 4.69) is 44.5 Å². The van der Waals surface area contributed by atoms with E-state index in [-0.39, 0.29) is 35.9 Å². The molecule has 2 fully saturated rings. The average molecular weight is 701 g/mol. The Labute approximate surface area is 290 Å². The Morgan fingerprint density at radius 1 is 0.700 bits per heavy atom. The SMILES string of the molecule is CN(CCNC(=O)Cn1cnc2c(F)c(F)ccc21)C1CCCCC1.CN(CCNC(=O)Cn1cnc2ccc(F)c(F)c21)C1CCCCC1. The summed E-state index contributed by atoms with van der Waals surface area (Å²) in [6.07, 6.45) is 15.4. The van der Waals surface area contributed by atoms with E-state index < -0.39 is 23.3 Å². The van der Waals surface area contributed by atoms with Crippen molar-refractivity contribution in [1.82, 2.24) is 39.5 Å². The van der Waals surface area contributed by atoms with Gasteiger partial charge in [-0.1, -0.05) is 38.5 Å². The van der Waals surface area contributed by atoms with E-state index >= 15 is 0 Å². The molecule has 2 aromatic carbocycles. The van der Waals surface area contributed by atoms with Crippen LogP contribution in [0.4, 0.5) is 17.6 Å². The van der Waals surface area contributed by atoms with Crippen molar-refractivity contribution >= 4 is 33.9 Å². The number of aromatic nitrogens is 4. The summed E-state index contributed by atoms with van der Waals surface area (Å²) in [5, 5.41) is 5.73. The minimum atomic E-state index is -0.981. The molecule has 0 radical (unpaired) electrons. The third kappa shape index (κ3) is 9.59. The molecule has 2 heterocycles. The first-order valence-electron chi connectivity index (χ1n) is 17.6. The van der Waals surface area contributed by atoms with Gasteiger partial charge in [0.1, 0.15) is 24.1 Å². The maximum atomic E-state index is 13.9. The third-order valence-electron chi connectivity index (χ3n) is 9.95. The number of imidazole rings is 2. The van der Waals surface area contributed by atoms with Crippen LogP contribution in [0.15, 0.2) is 36.9 Å². The molecule has 272 valence electrons. The first-order valence-corrected chi connectivity index (χ1v) is 17.6. The molecule has 0 unspecified atom stereocenters. The number of carbonyl (C=O) groups is 2. The van der Waals surface area contributed by atoms with Gasteiger partial charge in [-0.05, 0) is 64.0 Å². The Morgan fingerprint density at radius 2 is 1.20 bits per heavy atom. The van der Waals surface area contributed by atoms with Gasteiger partial charge in [-0.25, -0.2) is 27.5 Å². The van der Waals surface area contributed by atoms with E-state index in [4.69, 9.17) is 0 Å². The zero-order chi connectivity index (χ0) is 35.6. The van der Waals surface area contributed by atoms with Crippen LogP contribution in [0.5, 0.6) is 0 Å². The van der Waals surface area contributed by atoms with Gasteiger partial charge in [-0.2, -0.15) is 0 Å². The number of rotatable bonds is 12. The summed E-state index contributed by atoms with van der Waals surface area (Å²) < 4.78 is 57.1. The topological polar surface area (TPSA) is 100 Å². The van der Waals surface area contributed by atoms with Gasteiger partial charge in [-0.15, -0.1) is 0 Å². The van der Waals surface area contributed by atoms with Crippen molar-refractivity contribution in [3.05, 3.63) is 60.2 Å². The minimum absolute atomic E-state index is 0.0227. The van der Waals surface area contributed by atoms with Crippen LogP contribution in [0.25, 0.3) is 22.1 Å². The maximum Gasteiger partial charge on any atom is 0.240 e. The highest BCUT2D eigenvalue weighted by Gasteiger charge is 2.20. The Bertz CT molecular complexity index is 1730. The average Bonchev–Trinajstić information content (AvgIpc) is 3.73. The number of likely N-dealkylation sites (N-methyl/N-ethyl adjacent to an activating group) is 2. The Balaban J connectivity index is 0.000000194. The van der Waals surface area contributed by atoms with Crippen molar-refractivity contribution in [2.24, 2.45) is 0 Å². The van der Waals surface area contributed by atoms with E-state index in [1.807, 2.05) is 0 Å². The van der Waals surface area contributed by atoms with Gasteiger partial charge in [0.25, 0.3) is 0 Å². The normalized spacial score (nSPS) is 15.8. The Kier molecular flexibility index (Phi) is 13.2. The van der Waals surface area contributed by atoms with Crippen molar-refractivity contribution in [3.63, 3.8) is 0 Å². The second-order valence-corrected chi connectivity index (χ2v) is 13.4. The summed E-state index contributed by atoms with van der Waals surface area (Å²) in [6.45, 7) is 2.65. The van der Waals surface area contributed by atoms with Gasteiger partial charge in [0.15, 0.2) is 23.3 Å². The molecule has 2 aliphatic rings. The molecule has 0 atom stereocenters. The highest BCUT2D eigenvalue weighted by Crippen LogP contribution is 2.23. The zero-order valence-electron chi connectivity index (χ0n) is 28.9. The van der Waals surface area contributed by atoms with Crippen LogP contribution in [0, 0.1) is 23.3 Å². The highest BCUT2D eigenvalue weighted by molar-refractivity contribution is 5.81. The number of amides is 2. The fourth-order valence-electron chi connectivity index (χ4n) is 6.99. The van der Waals surface area contributed by atoms with Crippen LogP contribution >= 0.6 is 0 Å². The largest absolute Gasteiger partial charge is 0.353 e. The van der Waals surface area contributed by atoms with Crippen molar-refractivity contribution in [3.8, 4) is 0 Å². The summed E-state index contributed by atoms with van der Waals surface area (Å²) in [5.74, 6) is -4.23. The molecule has 2 aliphatic carbocycles. The molecule has 0 spiro atoms. The van der Waals surface area contributed by atoms with E-state index in [0.29, 0.717) is 36.2 Å². The van der Waals surface area contributed by atoms with Gasteiger partial charge in [0.05, 0.1) is 23.7 Å². The standard InChI is InChI=1S/2C18H24F2N4O/c1-23(13-5-3-2-4-6-13)10-9-21-16(25)11-24-12-22-18-15(24)8-7-14(19)17(18)20;1-23(13-5-3-2-4-6-13)10-9-21-16(25)11-24-12-22-15-8-7-14(19)17(20)18(15)24/h2*7-8,12-13H,2-6,9-11H2,1H3,(H,21,25). The molecule has 2 N–H and O–H groups in total. The number of halogens is 4. The van der Waals surface area contributed by atoms with E-state index in [0.717, 1.165) is 25.2 Å². The van der Waals surface area contributed by atoms with Gasteiger partial charge >= 0.3 is 0 Å². The molecule has 0 saturated heterocycles. The lowest BCUT2D eigenvalue weighted by Gasteiger charge is -2.31. The summed E-state index contributed by atoms with van der Waals surface area (Å²) in [6, 6.07) is 6.14. The van der Waals surface area contributed by atoms with Gasteiger partial charge in [-0.3, -0.25) is 9.59 Å². The molecule has 10 nitrogen and oxygen atoms in total. The lowest BCUT2D eigenvalue weighted by molar-refractivity contribution is -0.122. The van der Waals surface area contributed by atoms with Crippen LogP contribution in [0.3, 0.4) is 0 Å². The van der Waals surface area contributed by atoms with Crippen LogP contribution < -0.4 is 10.6 Å². The third-order valence-corrected chi connectivity index (χ3v) is 9.95. The van der Waals surface area contributed by atoms with Crippen LogP contribution in [-0.2, 0) is 22.7 Å². The quantitative estimate of drug-likeness (QED) is 0.193. The predicted molar refractivity (Wildman–Crippen MR) is 184 cm³/mol. The number of nitrogens with one attached hydrogen (secondary N) is 2. The molecule has 2 saturated carbocycles. The number of carbonyl (C=O) groups excluding carboxylic acids is 2. The number of benzene rings is 2. The van der Waals surface area contributed by atoms with Crippen molar-refractivity contribution in [1.29, 1.82) is 0 Å². The second-order valence-electron chi connectivity index (χ2n) is 13.4. The molecular weight excluding hydrogens is 652 g/mol. The fourth-order valence-corrected chi connectivity index (χ4v) is 6.99. The van der Waals surface area contributed by atoms with Crippen LogP contribution in [-0.4, -0.2) is 93.1 Å². The molecule has 0 bridgehead atoms. The molecular formula is C36H48F4N8O2. The van der Waals surface area contributed by atoms with Gasteiger partial charge in [0, 0.05) is 38.3 Å². The molecule has 50 heavy (non-hydrogen) atoms. The van der Waals surface area contributed by atoms with Crippen molar-refractivity contribution in [2.75, 3.05) is 40.3 Å². The fraction of sp³-hybridized carbons (Fsp3) is 0.556. The summed E-state index contributed by atoms with van der Waals surface area (Å²) >= 11 is 0. The Hall–Kier alpha value is -4.04. The van der Waals surface area contributed by atoms with Crippen molar-refractivity contribution in [2.45, 2.75) is 89.4 Å². The summed E-state index contributed by atoms with van der Waals surface area (Å²) in [7, 11) is 4.19. The first-order chi connectivity index (χ1) is 24.1. The molecule has 2 amide bonds. The number of fused-ring (bicyclic) bond motifs is 2. The monoisotopic (exact) mass is 700 g/mol. The predicted octanol–water partition coefficient (Wildman–Crippen LogP) is 5.39. The van der Waals surface area contributed by atoms with Gasteiger partial charge in [0.2, 0.25) is 11.8 Å². The van der Waals surface area contributed by atoms with E-state index in [1.165, 1.54) is 98.1 Å². The number of hydrogen-bond acceptors (Lipinski definition) is 6. The second kappa shape index (κ2) is 17.8.